The molecule has 20 heavy (non-hydrogen) atoms. The molecule has 1 aromatic heterocycles. The number of rotatable bonds is 3. The number of esters is 1. The van der Waals surface area contributed by atoms with Crippen LogP contribution in [0.1, 0.15) is 19.6 Å². The Morgan fingerprint density at radius 3 is 2.90 bits per heavy atom. The third-order valence-corrected chi connectivity index (χ3v) is 3.61. The summed E-state index contributed by atoms with van der Waals surface area (Å²) < 4.78 is 11.5. The first-order chi connectivity index (χ1) is 9.42. The van der Waals surface area contributed by atoms with Crippen LogP contribution in [-0.2, 0) is 14.3 Å². The summed E-state index contributed by atoms with van der Waals surface area (Å²) in [5, 5.41) is 9.35. The number of ether oxygens (including phenoxy) is 2. The van der Waals surface area contributed by atoms with Crippen LogP contribution in [0.25, 0.3) is 0 Å². The monoisotopic (exact) mass is 284 g/mol. The third kappa shape index (κ3) is 2.27. The second-order valence-corrected chi connectivity index (χ2v) is 4.89. The molecule has 1 fully saturated rings. The maximum atomic E-state index is 11.9. The van der Waals surface area contributed by atoms with Crippen LogP contribution < -0.4 is 11.2 Å². The summed E-state index contributed by atoms with van der Waals surface area (Å²) >= 11 is 0. The van der Waals surface area contributed by atoms with Gasteiger partial charge in [-0.15, -0.1) is 0 Å². The Balaban J connectivity index is 2.36. The summed E-state index contributed by atoms with van der Waals surface area (Å²) in [6, 6.07) is 1.19. The Labute approximate surface area is 114 Å². The molecule has 2 N–H and O–H groups in total. The quantitative estimate of drug-likeness (QED) is 0.688. The zero-order valence-electron chi connectivity index (χ0n) is 11.2. The van der Waals surface area contributed by atoms with E-state index in [0.29, 0.717) is 0 Å². The van der Waals surface area contributed by atoms with Crippen molar-refractivity contribution in [3.8, 4) is 0 Å². The molecule has 0 spiro atoms. The lowest BCUT2D eigenvalue weighted by Gasteiger charge is -2.24. The Kier molecular flexibility index (Phi) is 3.78. The van der Waals surface area contributed by atoms with Gasteiger partial charge in [-0.05, 0) is 6.92 Å². The number of carbonyl (C=O) groups excluding carboxylic acids is 1. The van der Waals surface area contributed by atoms with Crippen molar-refractivity contribution in [2.45, 2.75) is 25.7 Å². The lowest BCUT2D eigenvalue weighted by molar-refractivity contribution is -0.156. The van der Waals surface area contributed by atoms with Gasteiger partial charge in [0.2, 0.25) is 0 Å². The highest BCUT2D eigenvalue weighted by Gasteiger charge is 2.51. The zero-order valence-corrected chi connectivity index (χ0v) is 11.2. The van der Waals surface area contributed by atoms with Crippen molar-refractivity contribution in [3.63, 3.8) is 0 Å². The summed E-state index contributed by atoms with van der Waals surface area (Å²) in [5.74, 6) is -0.517. The molecule has 1 saturated heterocycles. The van der Waals surface area contributed by atoms with Crippen molar-refractivity contribution in [2.24, 2.45) is 5.41 Å². The van der Waals surface area contributed by atoms with Gasteiger partial charge in [0.05, 0.1) is 25.2 Å². The zero-order chi connectivity index (χ0) is 14.9. The number of carbonyl (C=O) groups is 1. The van der Waals surface area contributed by atoms with Gasteiger partial charge in [0.1, 0.15) is 6.23 Å². The standard InChI is InChI=1S/C12H16N2O6/c1-12(10(17)19-2)5-9(20-7(12)6-15)14-4-3-8(16)13-11(14)18/h3-4,7,9,15H,5-6H2,1-2H3,(H,13,16,18)/t7-,9+,12+/m1/s1. The van der Waals surface area contributed by atoms with Crippen LogP contribution in [0.15, 0.2) is 21.9 Å². The van der Waals surface area contributed by atoms with Gasteiger partial charge >= 0.3 is 11.7 Å². The Hall–Kier alpha value is -1.93. The van der Waals surface area contributed by atoms with E-state index in [1.165, 1.54) is 23.9 Å². The van der Waals surface area contributed by atoms with E-state index < -0.39 is 35.0 Å². The minimum atomic E-state index is -1.05. The molecule has 2 heterocycles. The maximum Gasteiger partial charge on any atom is 0.330 e. The first-order valence-electron chi connectivity index (χ1n) is 6.08. The summed E-state index contributed by atoms with van der Waals surface area (Å²) in [6.07, 6.45) is -0.0699. The lowest BCUT2D eigenvalue weighted by atomic mass is 9.83. The Morgan fingerprint density at radius 1 is 1.65 bits per heavy atom. The van der Waals surface area contributed by atoms with Crippen molar-refractivity contribution >= 4 is 5.97 Å². The average Bonchev–Trinajstić information content (AvgIpc) is 2.76. The van der Waals surface area contributed by atoms with Crippen LogP contribution in [0.5, 0.6) is 0 Å². The van der Waals surface area contributed by atoms with Gasteiger partial charge in [-0.2, -0.15) is 0 Å². The van der Waals surface area contributed by atoms with E-state index in [4.69, 9.17) is 9.47 Å². The topological polar surface area (TPSA) is 111 Å². The number of aliphatic hydroxyl groups is 1. The molecule has 0 radical (unpaired) electrons. The van der Waals surface area contributed by atoms with E-state index in [-0.39, 0.29) is 13.0 Å². The van der Waals surface area contributed by atoms with Crippen molar-refractivity contribution in [3.05, 3.63) is 33.1 Å². The lowest BCUT2D eigenvalue weighted by Crippen LogP contribution is -2.39. The van der Waals surface area contributed by atoms with Crippen molar-refractivity contribution in [1.29, 1.82) is 0 Å². The van der Waals surface area contributed by atoms with Crippen molar-refractivity contribution in [1.82, 2.24) is 9.55 Å². The molecule has 0 unspecified atom stereocenters. The number of aromatic nitrogens is 2. The van der Waals surface area contributed by atoms with E-state index in [2.05, 4.69) is 4.98 Å². The molecule has 1 aromatic rings. The predicted molar refractivity (Wildman–Crippen MR) is 67.1 cm³/mol. The molecule has 2 rings (SSSR count). The minimum absolute atomic E-state index is 0.164. The average molecular weight is 284 g/mol. The molecular weight excluding hydrogens is 268 g/mol. The summed E-state index contributed by atoms with van der Waals surface area (Å²) in [6.45, 7) is 1.23. The van der Waals surface area contributed by atoms with Gasteiger partial charge in [0.15, 0.2) is 0 Å². The number of H-pyrrole nitrogens is 1. The largest absolute Gasteiger partial charge is 0.469 e. The fourth-order valence-electron chi connectivity index (χ4n) is 2.39. The predicted octanol–water partition coefficient (Wildman–Crippen LogP) is -1.00. The first-order valence-corrected chi connectivity index (χ1v) is 6.08. The highest BCUT2D eigenvalue weighted by molar-refractivity contribution is 5.77. The highest BCUT2D eigenvalue weighted by atomic mass is 16.5. The molecule has 0 bridgehead atoms. The van der Waals surface area contributed by atoms with E-state index >= 15 is 0 Å². The van der Waals surface area contributed by atoms with Crippen LogP contribution >= 0.6 is 0 Å². The van der Waals surface area contributed by atoms with Crippen molar-refractivity contribution < 1.29 is 19.4 Å². The van der Waals surface area contributed by atoms with Crippen LogP contribution in [0.3, 0.4) is 0 Å². The van der Waals surface area contributed by atoms with Crippen LogP contribution in [0.4, 0.5) is 0 Å². The molecule has 8 nitrogen and oxygen atoms in total. The fourth-order valence-corrected chi connectivity index (χ4v) is 2.39. The number of aromatic amines is 1. The number of methoxy groups -OCH3 is 1. The number of hydrogen-bond acceptors (Lipinski definition) is 6. The van der Waals surface area contributed by atoms with Gasteiger partial charge in [-0.25, -0.2) is 4.79 Å². The maximum absolute atomic E-state index is 11.9. The molecule has 0 amide bonds. The third-order valence-electron chi connectivity index (χ3n) is 3.61. The number of aliphatic hydroxyl groups excluding tert-OH is 1. The normalized spacial score (nSPS) is 29.4. The van der Waals surface area contributed by atoms with Gasteiger partial charge in [-0.1, -0.05) is 0 Å². The molecular formula is C12H16N2O6. The molecule has 8 heteroatoms. The molecule has 0 aromatic carbocycles. The van der Waals surface area contributed by atoms with E-state index in [1.54, 1.807) is 6.92 Å². The molecule has 0 aliphatic carbocycles. The summed E-state index contributed by atoms with van der Waals surface area (Å²) in [4.78, 5) is 36.7. The summed E-state index contributed by atoms with van der Waals surface area (Å²) in [7, 11) is 1.25. The van der Waals surface area contributed by atoms with Crippen LogP contribution in [0, 0.1) is 5.41 Å². The molecule has 1 aliphatic rings. The minimum Gasteiger partial charge on any atom is -0.469 e. The Morgan fingerprint density at radius 2 is 2.35 bits per heavy atom. The van der Waals surface area contributed by atoms with Gasteiger partial charge < -0.3 is 14.6 Å². The molecule has 0 saturated carbocycles. The van der Waals surface area contributed by atoms with Crippen molar-refractivity contribution in [2.75, 3.05) is 13.7 Å². The number of nitrogens with zero attached hydrogens (tertiary/aromatic N) is 1. The van der Waals surface area contributed by atoms with Gasteiger partial charge in [0.25, 0.3) is 5.56 Å². The van der Waals surface area contributed by atoms with Gasteiger partial charge in [-0.3, -0.25) is 19.1 Å². The van der Waals surface area contributed by atoms with E-state index in [9.17, 15) is 19.5 Å². The van der Waals surface area contributed by atoms with Crippen LogP contribution in [-0.4, -0.2) is 40.4 Å². The molecule has 3 atom stereocenters. The molecule has 1 aliphatic heterocycles. The number of hydrogen-bond donors (Lipinski definition) is 2. The smallest absolute Gasteiger partial charge is 0.330 e. The van der Waals surface area contributed by atoms with E-state index in [1.807, 2.05) is 0 Å². The highest BCUT2D eigenvalue weighted by Crippen LogP contribution is 2.43. The SMILES string of the molecule is COC(=O)[C@@]1(C)C[C@@H](n2ccc(=O)[nH]c2=O)O[C@@H]1CO. The second-order valence-electron chi connectivity index (χ2n) is 4.89. The number of nitrogens with one attached hydrogen (secondary N) is 1. The fraction of sp³-hybridized carbons (Fsp3) is 0.583. The first kappa shape index (κ1) is 14.5. The van der Waals surface area contributed by atoms with Crippen LogP contribution in [0.2, 0.25) is 0 Å². The van der Waals surface area contributed by atoms with Gasteiger partial charge in [0, 0.05) is 18.7 Å². The summed E-state index contributed by atoms with van der Waals surface area (Å²) in [5.41, 5.74) is -2.20. The molecule has 110 valence electrons. The second kappa shape index (κ2) is 5.22. The van der Waals surface area contributed by atoms with E-state index in [0.717, 1.165) is 0 Å². The Bertz CT molecular complexity index is 621.